The maximum atomic E-state index is 13.3. The summed E-state index contributed by atoms with van der Waals surface area (Å²) in [6.07, 6.45) is 1.94. The molecule has 1 amide bonds. The minimum absolute atomic E-state index is 0.113. The summed E-state index contributed by atoms with van der Waals surface area (Å²) in [5.41, 5.74) is 6.85. The second-order valence-electron chi connectivity index (χ2n) is 8.62. The molecule has 34 heavy (non-hydrogen) atoms. The molecule has 6 nitrogen and oxygen atoms in total. The summed E-state index contributed by atoms with van der Waals surface area (Å²) in [6, 6.07) is 20.3. The fourth-order valence-corrected chi connectivity index (χ4v) is 4.96. The first-order chi connectivity index (χ1) is 16.5. The van der Waals surface area contributed by atoms with Gasteiger partial charge in [0, 0.05) is 42.9 Å². The predicted molar refractivity (Wildman–Crippen MR) is 141 cm³/mol. The van der Waals surface area contributed by atoms with E-state index in [0.29, 0.717) is 10.8 Å². The smallest absolute Gasteiger partial charge is 0.281 e. The summed E-state index contributed by atoms with van der Waals surface area (Å²) in [5, 5.41) is 0.481. The number of hydrogen-bond donors (Lipinski definition) is 0. The van der Waals surface area contributed by atoms with Crippen LogP contribution in [0.15, 0.2) is 66.4 Å². The first kappa shape index (κ1) is 22.4. The Morgan fingerprint density at radius 1 is 0.912 bits per heavy atom. The third kappa shape index (κ3) is 3.91. The Bertz CT molecular complexity index is 1260. The molecule has 2 fully saturated rings. The number of carbonyl (C=O) groups excluding carboxylic acids is 1. The second kappa shape index (κ2) is 9.08. The highest BCUT2D eigenvalue weighted by Gasteiger charge is 2.36. The van der Waals surface area contributed by atoms with Crippen LogP contribution in [-0.4, -0.2) is 53.8 Å². The zero-order valence-electron chi connectivity index (χ0n) is 19.7. The average Bonchev–Trinajstić information content (AvgIpc) is 3.26. The highest BCUT2D eigenvalue weighted by atomic mass is 32.1. The quantitative estimate of drug-likeness (QED) is 0.412. The molecule has 0 bridgehead atoms. The van der Waals surface area contributed by atoms with Gasteiger partial charge in [0.1, 0.15) is 5.70 Å². The molecule has 174 valence electrons. The van der Waals surface area contributed by atoms with Gasteiger partial charge in [-0.15, -0.1) is 0 Å². The lowest BCUT2D eigenvalue weighted by Gasteiger charge is -2.29. The molecule has 2 aliphatic rings. The third-order valence-electron chi connectivity index (χ3n) is 6.52. The molecule has 0 radical (unpaired) electrons. The number of amides is 1. The van der Waals surface area contributed by atoms with Gasteiger partial charge in [0.25, 0.3) is 5.91 Å². The van der Waals surface area contributed by atoms with Crippen LogP contribution in [-0.2, 0) is 9.53 Å². The molecule has 2 saturated heterocycles. The summed E-state index contributed by atoms with van der Waals surface area (Å²) in [7, 11) is 1.85. The number of anilines is 2. The molecule has 0 saturated carbocycles. The molecule has 1 aromatic heterocycles. The van der Waals surface area contributed by atoms with E-state index in [-0.39, 0.29) is 5.91 Å². The third-order valence-corrected chi connectivity index (χ3v) is 6.98. The van der Waals surface area contributed by atoms with Crippen molar-refractivity contribution in [3.8, 4) is 5.69 Å². The van der Waals surface area contributed by atoms with Crippen LogP contribution < -0.4 is 9.80 Å². The Kier molecular flexibility index (Phi) is 5.98. The summed E-state index contributed by atoms with van der Waals surface area (Å²) in [5.74, 6) is -0.113. The van der Waals surface area contributed by atoms with Gasteiger partial charge in [0.05, 0.1) is 18.9 Å². The molecule has 3 heterocycles. The number of morpholine rings is 1. The summed E-state index contributed by atoms with van der Waals surface area (Å²) >= 11 is 5.60. The van der Waals surface area contributed by atoms with Crippen LogP contribution >= 0.6 is 12.2 Å². The zero-order valence-corrected chi connectivity index (χ0v) is 20.5. The van der Waals surface area contributed by atoms with E-state index < -0.39 is 0 Å². The Morgan fingerprint density at radius 2 is 1.56 bits per heavy atom. The van der Waals surface area contributed by atoms with E-state index in [1.807, 2.05) is 43.5 Å². The number of ether oxygens (including phenoxy) is 1. The van der Waals surface area contributed by atoms with Crippen LogP contribution in [0, 0.1) is 13.8 Å². The highest BCUT2D eigenvalue weighted by Crippen LogP contribution is 2.30. The van der Waals surface area contributed by atoms with Crippen molar-refractivity contribution >= 4 is 40.7 Å². The number of para-hydroxylation sites is 1. The Balaban J connectivity index is 1.45. The summed E-state index contributed by atoms with van der Waals surface area (Å²) in [6.45, 7) is 7.56. The van der Waals surface area contributed by atoms with Crippen LogP contribution in [0.3, 0.4) is 0 Å². The molecule has 0 N–H and O–H groups in total. The van der Waals surface area contributed by atoms with Crippen molar-refractivity contribution in [3.05, 3.63) is 83.3 Å². The van der Waals surface area contributed by atoms with Crippen LogP contribution in [0.1, 0.15) is 17.0 Å². The molecule has 0 spiro atoms. The van der Waals surface area contributed by atoms with Gasteiger partial charge in [0.2, 0.25) is 0 Å². The van der Waals surface area contributed by atoms with Crippen molar-refractivity contribution in [2.75, 3.05) is 43.2 Å². The van der Waals surface area contributed by atoms with Crippen LogP contribution in [0.5, 0.6) is 0 Å². The van der Waals surface area contributed by atoms with Crippen molar-refractivity contribution in [2.45, 2.75) is 13.8 Å². The van der Waals surface area contributed by atoms with Crippen molar-refractivity contribution in [2.24, 2.45) is 0 Å². The summed E-state index contributed by atoms with van der Waals surface area (Å²) < 4.78 is 7.69. The number of carbonyl (C=O) groups is 1. The minimum atomic E-state index is -0.113. The Morgan fingerprint density at radius 3 is 2.24 bits per heavy atom. The van der Waals surface area contributed by atoms with Gasteiger partial charge in [-0.3, -0.25) is 9.69 Å². The zero-order chi connectivity index (χ0) is 23.8. The predicted octanol–water partition coefficient (Wildman–Crippen LogP) is 4.54. The number of likely N-dealkylation sites (N-methyl/N-ethyl adjacent to an activating group) is 1. The molecule has 0 aliphatic carbocycles. The lowest BCUT2D eigenvalue weighted by Crippen LogP contribution is -2.36. The largest absolute Gasteiger partial charge is 0.378 e. The van der Waals surface area contributed by atoms with E-state index in [0.717, 1.165) is 54.6 Å². The minimum Gasteiger partial charge on any atom is -0.378 e. The van der Waals surface area contributed by atoms with Crippen molar-refractivity contribution in [1.29, 1.82) is 0 Å². The van der Waals surface area contributed by atoms with E-state index in [2.05, 4.69) is 53.6 Å². The first-order valence-corrected chi connectivity index (χ1v) is 11.9. The maximum Gasteiger partial charge on any atom is 0.281 e. The normalized spacial score (nSPS) is 17.9. The van der Waals surface area contributed by atoms with Gasteiger partial charge in [0.15, 0.2) is 5.11 Å². The maximum absolute atomic E-state index is 13.3. The van der Waals surface area contributed by atoms with Gasteiger partial charge < -0.3 is 19.1 Å². The van der Waals surface area contributed by atoms with Crippen molar-refractivity contribution < 1.29 is 9.53 Å². The monoisotopic (exact) mass is 472 g/mol. The SMILES string of the molecule is Cc1cc(/C=C2/C(=O)N(c3ccccc3)C(=S)N2C)c(C)n1-c1ccc(N2CCOCC2)cc1. The molecular weight excluding hydrogens is 444 g/mol. The standard InChI is InChI=1S/C27H28N4O2S/c1-19-17-21(18-25-26(32)31(27(34)28(25)3)23-7-5-4-6-8-23)20(2)30(19)24-11-9-22(10-12-24)29-13-15-33-16-14-29/h4-12,17-18H,13-16H2,1-3H3/b25-18-. The van der Waals surface area contributed by atoms with Crippen LogP contribution in [0.4, 0.5) is 11.4 Å². The number of aryl methyl sites for hydroxylation is 1. The number of nitrogens with zero attached hydrogens (tertiary/aromatic N) is 4. The Labute approximate surface area is 205 Å². The lowest BCUT2D eigenvalue weighted by molar-refractivity contribution is -0.114. The van der Waals surface area contributed by atoms with Crippen molar-refractivity contribution in [1.82, 2.24) is 9.47 Å². The van der Waals surface area contributed by atoms with E-state index in [9.17, 15) is 4.79 Å². The molecular formula is C27H28N4O2S. The van der Waals surface area contributed by atoms with Gasteiger partial charge >= 0.3 is 0 Å². The van der Waals surface area contributed by atoms with E-state index in [4.69, 9.17) is 17.0 Å². The highest BCUT2D eigenvalue weighted by molar-refractivity contribution is 7.80. The summed E-state index contributed by atoms with van der Waals surface area (Å²) in [4.78, 5) is 19.0. The topological polar surface area (TPSA) is 41.0 Å². The molecule has 0 unspecified atom stereocenters. The number of rotatable bonds is 4. The number of benzene rings is 2. The van der Waals surface area contributed by atoms with Crippen LogP contribution in [0.25, 0.3) is 11.8 Å². The van der Waals surface area contributed by atoms with E-state index >= 15 is 0 Å². The first-order valence-electron chi connectivity index (χ1n) is 11.5. The molecule has 7 heteroatoms. The second-order valence-corrected chi connectivity index (χ2v) is 8.99. The molecule has 2 aliphatic heterocycles. The van der Waals surface area contributed by atoms with E-state index in [1.54, 1.807) is 9.80 Å². The Hall–Kier alpha value is -3.42. The average molecular weight is 473 g/mol. The fraction of sp³-hybridized carbons (Fsp3) is 0.259. The van der Waals surface area contributed by atoms with Gasteiger partial charge in [-0.1, -0.05) is 18.2 Å². The number of aromatic nitrogens is 1. The molecule has 2 aromatic carbocycles. The number of thiocarbonyl (C=S) groups is 1. The molecule has 5 rings (SSSR count). The van der Waals surface area contributed by atoms with Gasteiger partial charge in [-0.25, -0.2) is 0 Å². The lowest BCUT2D eigenvalue weighted by atomic mass is 10.2. The van der Waals surface area contributed by atoms with Crippen LogP contribution in [0.2, 0.25) is 0 Å². The van der Waals surface area contributed by atoms with Gasteiger partial charge in [-0.05, 0) is 80.2 Å². The molecule has 0 atom stereocenters. The van der Waals surface area contributed by atoms with Gasteiger partial charge in [-0.2, -0.15) is 0 Å². The fourth-order valence-electron chi connectivity index (χ4n) is 4.67. The van der Waals surface area contributed by atoms with E-state index in [1.165, 1.54) is 5.69 Å². The van der Waals surface area contributed by atoms with Crippen molar-refractivity contribution in [3.63, 3.8) is 0 Å². The molecule has 3 aromatic rings. The number of hydrogen-bond acceptors (Lipinski definition) is 4.